The summed E-state index contributed by atoms with van der Waals surface area (Å²) >= 11 is 0. The Morgan fingerprint density at radius 2 is 1.74 bits per heavy atom. The van der Waals surface area contributed by atoms with Crippen molar-refractivity contribution in [1.29, 1.82) is 0 Å². The van der Waals surface area contributed by atoms with E-state index >= 15 is 0 Å². The third kappa shape index (κ3) is 7.20. The fourth-order valence-electron chi connectivity index (χ4n) is 3.81. The molecule has 0 saturated carbocycles. The van der Waals surface area contributed by atoms with Gasteiger partial charge in [0.2, 0.25) is 5.91 Å². The molecule has 2 aromatic rings. The monoisotopic (exact) mass is 424 g/mol. The highest BCUT2D eigenvalue weighted by molar-refractivity contribution is 5.91. The highest BCUT2D eigenvalue weighted by atomic mass is 16.5. The number of benzene rings is 2. The normalized spacial score (nSPS) is 13.7. The number of ether oxygens (including phenoxy) is 2. The maximum absolute atomic E-state index is 12.4. The molecule has 0 aromatic heterocycles. The van der Waals surface area contributed by atoms with Crippen LogP contribution in [0.5, 0.6) is 11.5 Å². The second-order valence-electron chi connectivity index (χ2n) is 8.06. The minimum atomic E-state index is 0.0203. The Morgan fingerprint density at radius 1 is 0.968 bits per heavy atom. The number of anilines is 2. The lowest BCUT2D eigenvalue weighted by molar-refractivity contribution is -0.116. The molecule has 1 aliphatic rings. The van der Waals surface area contributed by atoms with Crippen molar-refractivity contribution < 1.29 is 14.3 Å². The molecule has 0 spiro atoms. The molecule has 2 aromatic carbocycles. The average molecular weight is 425 g/mol. The van der Waals surface area contributed by atoms with Crippen molar-refractivity contribution >= 4 is 17.3 Å². The van der Waals surface area contributed by atoms with E-state index in [0.29, 0.717) is 26.1 Å². The lowest BCUT2D eigenvalue weighted by Crippen LogP contribution is -2.29. The number of hydrogen-bond donors (Lipinski definition) is 1. The highest BCUT2D eigenvalue weighted by Gasteiger charge is 2.12. The van der Waals surface area contributed by atoms with Gasteiger partial charge in [-0.2, -0.15) is 0 Å². The minimum absolute atomic E-state index is 0.0203. The van der Waals surface area contributed by atoms with E-state index in [0.717, 1.165) is 48.7 Å². The summed E-state index contributed by atoms with van der Waals surface area (Å²) < 4.78 is 11.6. The lowest BCUT2D eigenvalue weighted by atomic mass is 10.1. The summed E-state index contributed by atoms with van der Waals surface area (Å²) in [6, 6.07) is 14.2. The smallest absolute Gasteiger partial charge is 0.224 e. The molecule has 0 bridgehead atoms. The summed E-state index contributed by atoms with van der Waals surface area (Å²) in [6.07, 6.45) is 7.04. The molecule has 1 saturated heterocycles. The summed E-state index contributed by atoms with van der Waals surface area (Å²) in [5.41, 5.74) is 3.16. The maximum atomic E-state index is 12.4. The second kappa shape index (κ2) is 12.2. The van der Waals surface area contributed by atoms with Gasteiger partial charge in [0.25, 0.3) is 0 Å². The van der Waals surface area contributed by atoms with Crippen molar-refractivity contribution in [3.05, 3.63) is 48.0 Å². The van der Waals surface area contributed by atoms with E-state index in [1.807, 2.05) is 37.3 Å². The van der Waals surface area contributed by atoms with E-state index in [2.05, 4.69) is 29.3 Å². The van der Waals surface area contributed by atoms with Crippen LogP contribution in [0.4, 0.5) is 11.4 Å². The van der Waals surface area contributed by atoms with Gasteiger partial charge in [0, 0.05) is 30.9 Å². The van der Waals surface area contributed by atoms with E-state index in [1.165, 1.54) is 24.9 Å². The number of nitrogens with zero attached hydrogens (tertiary/aromatic N) is 1. The zero-order valence-corrected chi connectivity index (χ0v) is 19.0. The van der Waals surface area contributed by atoms with Crippen LogP contribution < -0.4 is 19.7 Å². The SMILES string of the molecule is CCCCOc1ccc(CCC(=O)Nc2ccc(N3CCCCC3)cc2)cc1OCC. The predicted octanol–water partition coefficient (Wildman–Crippen LogP) is 5.83. The summed E-state index contributed by atoms with van der Waals surface area (Å²) in [5, 5.41) is 3.01. The lowest BCUT2D eigenvalue weighted by Gasteiger charge is -2.28. The quantitative estimate of drug-likeness (QED) is 0.461. The van der Waals surface area contributed by atoms with Crippen LogP contribution in [0.3, 0.4) is 0 Å². The molecule has 31 heavy (non-hydrogen) atoms. The van der Waals surface area contributed by atoms with Gasteiger partial charge in [-0.25, -0.2) is 0 Å². The minimum Gasteiger partial charge on any atom is -0.490 e. The van der Waals surface area contributed by atoms with Crippen LogP contribution in [0.1, 0.15) is 57.9 Å². The third-order valence-corrected chi connectivity index (χ3v) is 5.58. The van der Waals surface area contributed by atoms with Crippen molar-refractivity contribution in [2.75, 3.05) is 36.5 Å². The zero-order valence-electron chi connectivity index (χ0n) is 19.0. The first kappa shape index (κ1) is 23.0. The molecule has 1 amide bonds. The van der Waals surface area contributed by atoms with Crippen molar-refractivity contribution in [2.24, 2.45) is 0 Å². The van der Waals surface area contributed by atoms with E-state index < -0.39 is 0 Å². The zero-order chi connectivity index (χ0) is 21.9. The fraction of sp³-hybridized carbons (Fsp3) is 0.500. The number of carbonyl (C=O) groups excluding carboxylic acids is 1. The van der Waals surface area contributed by atoms with Crippen LogP contribution in [0.2, 0.25) is 0 Å². The van der Waals surface area contributed by atoms with Gasteiger partial charge in [0.15, 0.2) is 11.5 Å². The van der Waals surface area contributed by atoms with Gasteiger partial charge in [-0.1, -0.05) is 19.4 Å². The molecule has 5 heteroatoms. The maximum Gasteiger partial charge on any atom is 0.224 e. The number of nitrogens with one attached hydrogen (secondary N) is 1. The van der Waals surface area contributed by atoms with Crippen molar-refractivity contribution in [3.8, 4) is 11.5 Å². The average Bonchev–Trinajstić information content (AvgIpc) is 2.80. The van der Waals surface area contributed by atoms with E-state index in [9.17, 15) is 4.79 Å². The Hall–Kier alpha value is -2.69. The predicted molar refractivity (Wildman–Crippen MR) is 127 cm³/mol. The molecule has 0 radical (unpaired) electrons. The van der Waals surface area contributed by atoms with Crippen LogP contribution in [-0.2, 0) is 11.2 Å². The van der Waals surface area contributed by atoms with Crippen LogP contribution in [0.25, 0.3) is 0 Å². The number of hydrogen-bond acceptors (Lipinski definition) is 4. The molecule has 5 nitrogen and oxygen atoms in total. The number of unbranched alkanes of at least 4 members (excludes halogenated alkanes) is 1. The second-order valence-corrected chi connectivity index (χ2v) is 8.06. The van der Waals surface area contributed by atoms with Gasteiger partial charge in [0.05, 0.1) is 13.2 Å². The Balaban J connectivity index is 1.51. The summed E-state index contributed by atoms with van der Waals surface area (Å²) in [7, 11) is 0. The third-order valence-electron chi connectivity index (χ3n) is 5.58. The number of rotatable bonds is 11. The molecule has 0 unspecified atom stereocenters. The Kier molecular flexibility index (Phi) is 9.07. The van der Waals surface area contributed by atoms with Crippen LogP contribution >= 0.6 is 0 Å². The van der Waals surface area contributed by atoms with Gasteiger partial charge in [-0.15, -0.1) is 0 Å². The molecule has 1 N–H and O–H groups in total. The molecule has 168 valence electrons. The molecule has 1 fully saturated rings. The van der Waals surface area contributed by atoms with Gasteiger partial charge < -0.3 is 19.7 Å². The van der Waals surface area contributed by atoms with Gasteiger partial charge in [-0.05, 0) is 81.0 Å². The standard InChI is InChI=1S/C26H36N2O3/c1-3-5-19-31-24-15-9-21(20-25(24)30-4-2)10-16-26(29)27-22-11-13-23(14-12-22)28-17-7-6-8-18-28/h9,11-15,20H,3-8,10,16-19H2,1-2H3,(H,27,29). The fourth-order valence-corrected chi connectivity index (χ4v) is 3.81. The number of piperidine rings is 1. The highest BCUT2D eigenvalue weighted by Crippen LogP contribution is 2.29. The van der Waals surface area contributed by atoms with Gasteiger partial charge in [-0.3, -0.25) is 4.79 Å². The first-order chi connectivity index (χ1) is 15.2. The Morgan fingerprint density at radius 3 is 2.45 bits per heavy atom. The number of amides is 1. The molecule has 1 heterocycles. The largest absolute Gasteiger partial charge is 0.490 e. The molecule has 1 aliphatic heterocycles. The number of carbonyl (C=O) groups is 1. The topological polar surface area (TPSA) is 50.8 Å². The molecule has 0 atom stereocenters. The molecule has 0 aliphatic carbocycles. The van der Waals surface area contributed by atoms with Crippen LogP contribution in [0, 0.1) is 0 Å². The molecular weight excluding hydrogens is 388 g/mol. The first-order valence-electron chi connectivity index (χ1n) is 11.7. The van der Waals surface area contributed by atoms with Gasteiger partial charge >= 0.3 is 0 Å². The first-order valence-corrected chi connectivity index (χ1v) is 11.7. The van der Waals surface area contributed by atoms with E-state index in [4.69, 9.17) is 9.47 Å². The Labute approximate surface area is 186 Å². The van der Waals surface area contributed by atoms with E-state index in [-0.39, 0.29) is 5.91 Å². The van der Waals surface area contributed by atoms with Gasteiger partial charge in [0.1, 0.15) is 0 Å². The summed E-state index contributed by atoms with van der Waals surface area (Å²) in [4.78, 5) is 14.9. The summed E-state index contributed by atoms with van der Waals surface area (Å²) in [6.45, 7) is 7.63. The van der Waals surface area contributed by atoms with Crippen molar-refractivity contribution in [3.63, 3.8) is 0 Å². The molecular formula is C26H36N2O3. The van der Waals surface area contributed by atoms with Crippen molar-refractivity contribution in [1.82, 2.24) is 0 Å². The van der Waals surface area contributed by atoms with Crippen LogP contribution in [-0.4, -0.2) is 32.2 Å². The van der Waals surface area contributed by atoms with E-state index in [1.54, 1.807) is 0 Å². The number of aryl methyl sites for hydroxylation is 1. The van der Waals surface area contributed by atoms with Crippen molar-refractivity contribution in [2.45, 2.75) is 58.8 Å². The Bertz CT molecular complexity index is 814. The molecule has 3 rings (SSSR count). The van der Waals surface area contributed by atoms with Crippen LogP contribution in [0.15, 0.2) is 42.5 Å². The summed E-state index contributed by atoms with van der Waals surface area (Å²) in [5.74, 6) is 1.55.